The summed E-state index contributed by atoms with van der Waals surface area (Å²) < 4.78 is 41.3. The predicted octanol–water partition coefficient (Wildman–Crippen LogP) is 1.87. The molecule has 3 aromatic rings. The molecule has 162 valence electrons. The summed E-state index contributed by atoms with van der Waals surface area (Å²) >= 11 is 1.37. The second kappa shape index (κ2) is 7.48. The molecule has 2 atom stereocenters. The number of fused-ring (bicyclic) bond motifs is 1. The van der Waals surface area contributed by atoms with E-state index in [4.69, 9.17) is 5.11 Å². The molecule has 0 amide bonds. The van der Waals surface area contributed by atoms with Gasteiger partial charge in [0.05, 0.1) is 16.8 Å². The number of carboxylic acid groups (broad SMARTS) is 1. The van der Waals surface area contributed by atoms with Crippen LogP contribution in [-0.2, 0) is 11.3 Å². The Hall–Kier alpha value is -3.22. The summed E-state index contributed by atoms with van der Waals surface area (Å²) in [5.41, 5.74) is -0.0366. The van der Waals surface area contributed by atoms with E-state index in [2.05, 4.69) is 25.3 Å². The number of hydrogen-bond donors (Lipinski definition) is 1. The third kappa shape index (κ3) is 3.69. The Morgan fingerprint density at radius 1 is 1.13 bits per heavy atom. The van der Waals surface area contributed by atoms with Crippen molar-refractivity contribution < 1.29 is 23.1 Å². The molecule has 31 heavy (non-hydrogen) atoms. The zero-order valence-electron chi connectivity index (χ0n) is 16.0. The van der Waals surface area contributed by atoms with Crippen LogP contribution in [0.25, 0.3) is 10.7 Å². The SMILES string of the molecule is O=C(O)Cn1nnc(-c2cnc(N3CC4CN(c5cc(F)cc(F)c5F)CC4C3)s2)n1. The van der Waals surface area contributed by atoms with E-state index in [-0.39, 0.29) is 24.1 Å². The number of tetrazole rings is 1. The molecule has 4 heterocycles. The molecule has 0 saturated carbocycles. The van der Waals surface area contributed by atoms with Gasteiger partial charge in [-0.25, -0.2) is 18.2 Å². The van der Waals surface area contributed by atoms with Gasteiger partial charge in [-0.15, -0.1) is 10.2 Å². The smallest absolute Gasteiger partial charge is 0.327 e. The molecular weight excluding hydrogens is 435 g/mol. The first-order chi connectivity index (χ1) is 14.9. The molecule has 1 aromatic carbocycles. The molecule has 2 aromatic heterocycles. The Labute approximate surface area is 177 Å². The van der Waals surface area contributed by atoms with Gasteiger partial charge >= 0.3 is 5.97 Å². The number of anilines is 2. The van der Waals surface area contributed by atoms with Crippen molar-refractivity contribution in [3.63, 3.8) is 0 Å². The van der Waals surface area contributed by atoms with E-state index in [9.17, 15) is 18.0 Å². The van der Waals surface area contributed by atoms with Gasteiger partial charge < -0.3 is 14.9 Å². The molecule has 1 N–H and O–H groups in total. The minimum Gasteiger partial charge on any atom is -0.480 e. The van der Waals surface area contributed by atoms with E-state index in [0.29, 0.717) is 42.9 Å². The van der Waals surface area contributed by atoms with Crippen molar-refractivity contribution in [1.82, 2.24) is 25.2 Å². The molecule has 2 fully saturated rings. The lowest BCUT2D eigenvalue weighted by atomic mass is 10.0. The van der Waals surface area contributed by atoms with E-state index in [1.807, 2.05) is 0 Å². The largest absolute Gasteiger partial charge is 0.480 e. The molecule has 2 aliphatic heterocycles. The number of thiazole rings is 1. The molecule has 2 saturated heterocycles. The number of aromatic nitrogens is 5. The van der Waals surface area contributed by atoms with Crippen molar-refractivity contribution in [3.05, 3.63) is 35.8 Å². The van der Waals surface area contributed by atoms with Gasteiger partial charge in [0.1, 0.15) is 5.82 Å². The zero-order chi connectivity index (χ0) is 21.7. The summed E-state index contributed by atoms with van der Waals surface area (Å²) in [5.74, 6) is -3.33. The molecule has 0 radical (unpaired) electrons. The minimum atomic E-state index is -1.18. The number of halogens is 3. The van der Waals surface area contributed by atoms with Gasteiger partial charge in [-0.2, -0.15) is 4.80 Å². The van der Waals surface area contributed by atoms with Gasteiger partial charge in [0.25, 0.3) is 0 Å². The van der Waals surface area contributed by atoms with Crippen molar-refractivity contribution >= 4 is 28.1 Å². The third-order valence-electron chi connectivity index (χ3n) is 5.51. The molecule has 13 heteroatoms. The van der Waals surface area contributed by atoms with Gasteiger partial charge in [0.2, 0.25) is 5.82 Å². The quantitative estimate of drug-likeness (QED) is 0.587. The monoisotopic (exact) mass is 451 g/mol. The van der Waals surface area contributed by atoms with Crippen molar-refractivity contribution in [1.29, 1.82) is 0 Å². The van der Waals surface area contributed by atoms with Gasteiger partial charge in [0.15, 0.2) is 23.3 Å². The lowest BCUT2D eigenvalue weighted by Gasteiger charge is -2.23. The number of aliphatic carboxylic acids is 1. The van der Waals surface area contributed by atoms with Crippen LogP contribution in [0.2, 0.25) is 0 Å². The van der Waals surface area contributed by atoms with Crippen LogP contribution in [0.3, 0.4) is 0 Å². The summed E-state index contributed by atoms with van der Waals surface area (Å²) in [6, 6.07) is 1.58. The highest BCUT2D eigenvalue weighted by molar-refractivity contribution is 7.18. The van der Waals surface area contributed by atoms with Gasteiger partial charge in [-0.3, -0.25) is 4.79 Å². The highest BCUT2D eigenvalue weighted by Gasteiger charge is 2.41. The fraction of sp³-hybridized carbons (Fsp3) is 0.389. The van der Waals surface area contributed by atoms with E-state index in [1.54, 1.807) is 11.1 Å². The van der Waals surface area contributed by atoms with E-state index >= 15 is 0 Å². The number of hydrogen-bond acceptors (Lipinski definition) is 8. The van der Waals surface area contributed by atoms with Crippen LogP contribution in [0.5, 0.6) is 0 Å². The van der Waals surface area contributed by atoms with Gasteiger partial charge in [-0.1, -0.05) is 11.3 Å². The second-order valence-electron chi connectivity index (χ2n) is 7.60. The molecule has 0 aliphatic carbocycles. The highest BCUT2D eigenvalue weighted by Crippen LogP contribution is 2.39. The molecule has 0 spiro atoms. The van der Waals surface area contributed by atoms with Crippen molar-refractivity contribution in [2.75, 3.05) is 36.0 Å². The number of rotatable bonds is 5. The summed E-state index contributed by atoms with van der Waals surface area (Å²) in [5, 5.41) is 21.2. The van der Waals surface area contributed by atoms with Crippen LogP contribution in [-0.4, -0.2) is 62.4 Å². The Bertz CT molecular complexity index is 1140. The Morgan fingerprint density at radius 2 is 1.84 bits per heavy atom. The Kier molecular flexibility index (Phi) is 4.76. The predicted molar refractivity (Wildman–Crippen MR) is 104 cm³/mol. The molecular formula is C18H16F3N7O2S. The molecule has 5 rings (SSSR count). The lowest BCUT2D eigenvalue weighted by Crippen LogP contribution is -2.29. The molecule has 9 nitrogen and oxygen atoms in total. The zero-order valence-corrected chi connectivity index (χ0v) is 16.8. The van der Waals surface area contributed by atoms with Crippen LogP contribution in [0.4, 0.5) is 24.0 Å². The second-order valence-corrected chi connectivity index (χ2v) is 8.60. The number of carboxylic acids is 1. The lowest BCUT2D eigenvalue weighted by molar-refractivity contribution is -0.138. The van der Waals surface area contributed by atoms with E-state index < -0.39 is 23.4 Å². The topological polar surface area (TPSA) is 100 Å². The first-order valence-electron chi connectivity index (χ1n) is 9.47. The van der Waals surface area contributed by atoms with Crippen LogP contribution >= 0.6 is 11.3 Å². The normalized spacial score (nSPS) is 20.5. The first-order valence-corrected chi connectivity index (χ1v) is 10.3. The van der Waals surface area contributed by atoms with Gasteiger partial charge in [0, 0.05) is 50.1 Å². The average Bonchev–Trinajstić information content (AvgIpc) is 3.45. The first kappa shape index (κ1) is 19.7. The van der Waals surface area contributed by atoms with Crippen LogP contribution in [0.1, 0.15) is 0 Å². The molecule has 0 bridgehead atoms. The van der Waals surface area contributed by atoms with Gasteiger partial charge in [-0.05, 0) is 5.21 Å². The van der Waals surface area contributed by atoms with Crippen LogP contribution in [0.15, 0.2) is 18.3 Å². The third-order valence-corrected chi connectivity index (χ3v) is 6.57. The summed E-state index contributed by atoms with van der Waals surface area (Å²) in [6.45, 7) is 2.01. The Morgan fingerprint density at radius 3 is 2.55 bits per heavy atom. The van der Waals surface area contributed by atoms with E-state index in [1.165, 1.54) is 11.3 Å². The van der Waals surface area contributed by atoms with E-state index in [0.717, 1.165) is 16.0 Å². The highest BCUT2D eigenvalue weighted by atomic mass is 32.1. The fourth-order valence-electron chi connectivity index (χ4n) is 4.16. The van der Waals surface area contributed by atoms with Crippen molar-refractivity contribution in [3.8, 4) is 10.7 Å². The summed E-state index contributed by atoms with van der Waals surface area (Å²) in [7, 11) is 0. The fourth-order valence-corrected chi connectivity index (χ4v) is 5.02. The maximum Gasteiger partial charge on any atom is 0.327 e. The van der Waals surface area contributed by atoms with Crippen LogP contribution in [0, 0.1) is 29.3 Å². The standard InChI is InChI=1S/C18H16F3N7O2S/c19-11-1-12(20)16(21)13(2-11)26-4-9-6-27(7-10(9)5-26)18-22-3-14(31-18)17-23-25-28(24-17)8-15(29)30/h1-3,9-10H,4-8H2,(H,29,30). The van der Waals surface area contributed by atoms with Crippen molar-refractivity contribution in [2.24, 2.45) is 11.8 Å². The maximum absolute atomic E-state index is 14.1. The summed E-state index contributed by atoms with van der Waals surface area (Å²) in [4.78, 5) is 20.7. The average molecular weight is 451 g/mol. The minimum absolute atomic E-state index is 0.0366. The maximum atomic E-state index is 14.1. The number of benzene rings is 1. The van der Waals surface area contributed by atoms with Crippen molar-refractivity contribution in [2.45, 2.75) is 6.54 Å². The number of nitrogens with zero attached hydrogens (tertiary/aromatic N) is 7. The van der Waals surface area contributed by atoms with Crippen LogP contribution < -0.4 is 9.80 Å². The Balaban J connectivity index is 1.26. The summed E-state index contributed by atoms with van der Waals surface area (Å²) in [6.07, 6.45) is 1.62. The number of carbonyl (C=O) groups is 1. The molecule has 2 unspecified atom stereocenters. The molecule has 2 aliphatic rings.